The van der Waals surface area contributed by atoms with Crippen LogP contribution < -0.4 is 5.32 Å². The molecule has 0 bridgehead atoms. The number of anilines is 1. The van der Waals surface area contributed by atoms with Crippen LogP contribution >= 0.6 is 15.9 Å². The molecule has 0 fully saturated rings. The van der Waals surface area contributed by atoms with Crippen molar-refractivity contribution >= 4 is 27.5 Å². The Balaban J connectivity index is 2.15. The highest BCUT2D eigenvalue weighted by molar-refractivity contribution is 9.10. The van der Waals surface area contributed by atoms with Gasteiger partial charge in [-0.15, -0.1) is 0 Å². The number of halogens is 2. The van der Waals surface area contributed by atoms with Crippen LogP contribution in [0.25, 0.3) is 0 Å². The molecule has 4 nitrogen and oxygen atoms in total. The normalized spacial score (nSPS) is 10.3. The van der Waals surface area contributed by atoms with Crippen LogP contribution in [0.15, 0.2) is 35.2 Å². The van der Waals surface area contributed by atoms with Crippen LogP contribution in [0, 0.1) is 5.82 Å². The number of nitrogens with one attached hydrogen (secondary N) is 1. The molecule has 2 aromatic rings. The van der Waals surface area contributed by atoms with Crippen LogP contribution in [-0.4, -0.2) is 15.5 Å². The smallest absolute Gasteiger partial charge is 0.275 e. The first-order valence-electron chi connectivity index (χ1n) is 4.80. The van der Waals surface area contributed by atoms with E-state index in [2.05, 4.69) is 26.2 Å². The summed E-state index contributed by atoms with van der Waals surface area (Å²) >= 11 is 3.05. The van der Waals surface area contributed by atoms with Gasteiger partial charge in [-0.2, -0.15) is 0 Å². The fourth-order valence-electron chi connectivity index (χ4n) is 1.30. The number of rotatable bonds is 2. The predicted molar refractivity (Wildman–Crippen MR) is 65.3 cm³/mol. The number of aryl methyl sites for hydroxylation is 1. The molecule has 0 aliphatic carbocycles. The summed E-state index contributed by atoms with van der Waals surface area (Å²) in [5, 5.41) is 2.63. The Kier molecular flexibility index (Phi) is 3.23. The SMILES string of the molecule is Cn1cnc(C(=O)Nc2ccc(F)c(Br)c2)c1. The van der Waals surface area contributed by atoms with Crippen molar-refractivity contribution in [3.05, 3.63) is 46.7 Å². The van der Waals surface area contributed by atoms with Gasteiger partial charge in [0.2, 0.25) is 0 Å². The minimum Gasteiger partial charge on any atom is -0.340 e. The Morgan fingerprint density at radius 3 is 2.88 bits per heavy atom. The lowest BCUT2D eigenvalue weighted by atomic mass is 10.3. The lowest BCUT2D eigenvalue weighted by molar-refractivity contribution is 0.102. The van der Waals surface area contributed by atoms with E-state index in [4.69, 9.17) is 0 Å². The van der Waals surface area contributed by atoms with Crippen molar-refractivity contribution in [2.75, 3.05) is 5.32 Å². The fourth-order valence-corrected chi connectivity index (χ4v) is 1.68. The third-order valence-corrected chi connectivity index (χ3v) is 2.72. The molecule has 1 amide bonds. The fraction of sp³-hybridized carbons (Fsp3) is 0.0909. The third kappa shape index (κ3) is 2.71. The molecular formula is C11H9BrFN3O. The highest BCUT2D eigenvalue weighted by atomic mass is 79.9. The molecule has 1 heterocycles. The molecule has 1 N–H and O–H groups in total. The Morgan fingerprint density at radius 2 is 2.29 bits per heavy atom. The summed E-state index contributed by atoms with van der Waals surface area (Å²) in [5.74, 6) is -0.704. The van der Waals surface area contributed by atoms with E-state index in [9.17, 15) is 9.18 Å². The maximum Gasteiger partial charge on any atom is 0.275 e. The molecule has 2 rings (SSSR count). The molecule has 17 heavy (non-hydrogen) atoms. The van der Waals surface area contributed by atoms with Gasteiger partial charge >= 0.3 is 0 Å². The van der Waals surface area contributed by atoms with Gasteiger partial charge in [0.15, 0.2) is 0 Å². The maximum atomic E-state index is 13.0. The molecule has 6 heteroatoms. The van der Waals surface area contributed by atoms with Crippen molar-refractivity contribution < 1.29 is 9.18 Å². The van der Waals surface area contributed by atoms with E-state index in [1.807, 2.05) is 0 Å². The Bertz CT molecular complexity index is 568. The summed E-state index contributed by atoms with van der Waals surface area (Å²) < 4.78 is 15.0. The third-order valence-electron chi connectivity index (χ3n) is 2.11. The first-order valence-corrected chi connectivity index (χ1v) is 5.60. The highest BCUT2D eigenvalue weighted by Gasteiger charge is 2.09. The molecule has 0 saturated carbocycles. The largest absolute Gasteiger partial charge is 0.340 e. The number of imidazole rings is 1. The molecule has 0 aliphatic rings. The molecule has 88 valence electrons. The molecule has 0 saturated heterocycles. The zero-order valence-electron chi connectivity index (χ0n) is 8.95. The number of hydrogen-bond acceptors (Lipinski definition) is 2. The van der Waals surface area contributed by atoms with E-state index in [0.717, 1.165) is 0 Å². The number of aromatic nitrogens is 2. The molecule has 0 aliphatic heterocycles. The zero-order valence-corrected chi connectivity index (χ0v) is 10.5. The highest BCUT2D eigenvalue weighted by Crippen LogP contribution is 2.20. The summed E-state index contributed by atoms with van der Waals surface area (Å²) in [6.45, 7) is 0. The van der Waals surface area contributed by atoms with Crippen LogP contribution in [-0.2, 0) is 7.05 Å². The van der Waals surface area contributed by atoms with Gasteiger partial charge in [-0.25, -0.2) is 9.37 Å². The van der Waals surface area contributed by atoms with Gasteiger partial charge in [0, 0.05) is 18.9 Å². The van der Waals surface area contributed by atoms with Crippen molar-refractivity contribution in [3.8, 4) is 0 Å². The van der Waals surface area contributed by atoms with Gasteiger partial charge in [0.05, 0.1) is 10.8 Å². The Morgan fingerprint density at radius 1 is 1.53 bits per heavy atom. The summed E-state index contributed by atoms with van der Waals surface area (Å²) in [4.78, 5) is 15.6. The van der Waals surface area contributed by atoms with Crippen molar-refractivity contribution in [1.82, 2.24) is 9.55 Å². The minimum atomic E-state index is -0.374. The van der Waals surface area contributed by atoms with E-state index in [0.29, 0.717) is 15.9 Å². The van der Waals surface area contributed by atoms with Crippen molar-refractivity contribution in [2.24, 2.45) is 7.05 Å². The molecule has 0 radical (unpaired) electrons. The Hall–Kier alpha value is -1.69. The van der Waals surface area contributed by atoms with E-state index < -0.39 is 0 Å². The summed E-state index contributed by atoms with van der Waals surface area (Å²) in [6, 6.07) is 4.26. The molecule has 0 unspecified atom stereocenters. The predicted octanol–water partition coefficient (Wildman–Crippen LogP) is 2.57. The van der Waals surface area contributed by atoms with Crippen LogP contribution in [0.4, 0.5) is 10.1 Å². The average Bonchev–Trinajstić information content (AvgIpc) is 2.70. The topological polar surface area (TPSA) is 46.9 Å². The van der Waals surface area contributed by atoms with Gasteiger partial charge in [0.25, 0.3) is 5.91 Å². The first-order chi connectivity index (χ1) is 8.06. The molecule has 1 aromatic carbocycles. The molecule has 0 atom stereocenters. The Labute approximate surface area is 106 Å². The average molecular weight is 298 g/mol. The lowest BCUT2D eigenvalue weighted by Gasteiger charge is -2.03. The number of hydrogen-bond donors (Lipinski definition) is 1. The maximum absolute atomic E-state index is 13.0. The number of benzene rings is 1. The second kappa shape index (κ2) is 4.67. The number of carbonyl (C=O) groups is 1. The van der Waals surface area contributed by atoms with Crippen LogP contribution in [0.2, 0.25) is 0 Å². The number of amides is 1. The number of nitrogens with zero attached hydrogens (tertiary/aromatic N) is 2. The molecular weight excluding hydrogens is 289 g/mol. The first kappa shape index (κ1) is 11.8. The van der Waals surface area contributed by atoms with Crippen LogP contribution in [0.5, 0.6) is 0 Å². The van der Waals surface area contributed by atoms with Crippen molar-refractivity contribution in [3.63, 3.8) is 0 Å². The van der Waals surface area contributed by atoms with Crippen molar-refractivity contribution in [2.45, 2.75) is 0 Å². The summed E-state index contributed by atoms with van der Waals surface area (Å²) in [7, 11) is 1.78. The van der Waals surface area contributed by atoms with E-state index >= 15 is 0 Å². The molecule has 0 spiro atoms. The summed E-state index contributed by atoms with van der Waals surface area (Å²) in [5.41, 5.74) is 0.821. The second-order valence-corrected chi connectivity index (χ2v) is 4.36. The van der Waals surface area contributed by atoms with Gasteiger partial charge in [-0.1, -0.05) is 0 Å². The van der Waals surface area contributed by atoms with Crippen molar-refractivity contribution in [1.29, 1.82) is 0 Å². The molecule has 1 aromatic heterocycles. The summed E-state index contributed by atoms with van der Waals surface area (Å²) in [6.07, 6.45) is 3.14. The van der Waals surface area contributed by atoms with E-state index in [-0.39, 0.29) is 11.7 Å². The van der Waals surface area contributed by atoms with Crippen LogP contribution in [0.3, 0.4) is 0 Å². The number of carbonyl (C=O) groups excluding carboxylic acids is 1. The zero-order chi connectivity index (χ0) is 12.4. The second-order valence-electron chi connectivity index (χ2n) is 3.51. The monoisotopic (exact) mass is 297 g/mol. The van der Waals surface area contributed by atoms with E-state index in [1.165, 1.54) is 24.5 Å². The van der Waals surface area contributed by atoms with E-state index in [1.54, 1.807) is 17.8 Å². The van der Waals surface area contributed by atoms with Gasteiger partial charge in [0.1, 0.15) is 11.5 Å². The standard InChI is InChI=1S/C11H9BrFN3O/c1-16-5-10(14-6-16)11(17)15-7-2-3-9(13)8(12)4-7/h2-6H,1H3,(H,15,17). The lowest BCUT2D eigenvalue weighted by Crippen LogP contribution is -2.12. The van der Waals surface area contributed by atoms with Crippen LogP contribution in [0.1, 0.15) is 10.5 Å². The van der Waals surface area contributed by atoms with Gasteiger partial charge in [-0.3, -0.25) is 4.79 Å². The van der Waals surface area contributed by atoms with Gasteiger partial charge < -0.3 is 9.88 Å². The minimum absolute atomic E-state index is 0.302. The van der Waals surface area contributed by atoms with Gasteiger partial charge in [-0.05, 0) is 34.1 Å². The quantitative estimate of drug-likeness (QED) is 0.926.